The van der Waals surface area contributed by atoms with Crippen molar-refractivity contribution in [2.45, 2.75) is 63.5 Å². The van der Waals surface area contributed by atoms with E-state index in [2.05, 4.69) is 22.5 Å². The van der Waals surface area contributed by atoms with Crippen LogP contribution >= 0.6 is 0 Å². The van der Waals surface area contributed by atoms with E-state index in [4.69, 9.17) is 0 Å². The Morgan fingerprint density at radius 2 is 1.73 bits per heavy atom. The van der Waals surface area contributed by atoms with Gasteiger partial charge < -0.3 is 10.4 Å². The Hall–Kier alpha value is -2.14. The van der Waals surface area contributed by atoms with Crippen LogP contribution in [0.25, 0.3) is 0 Å². The number of hydrogen-bond donors (Lipinski definition) is 2. The first kappa shape index (κ1) is 18.6. The van der Waals surface area contributed by atoms with Crippen LogP contribution in [0.1, 0.15) is 79.4 Å². The number of hydrogen-bond acceptors (Lipinski definition) is 4. The average Bonchev–Trinajstić information content (AvgIpc) is 3.16. The van der Waals surface area contributed by atoms with Crippen molar-refractivity contribution in [1.29, 1.82) is 0 Å². The first-order valence-electron chi connectivity index (χ1n) is 11.7. The summed E-state index contributed by atoms with van der Waals surface area (Å²) >= 11 is 0. The number of carbonyl (C=O) groups is 1. The van der Waals surface area contributed by atoms with Gasteiger partial charge in [-0.15, -0.1) is 0 Å². The van der Waals surface area contributed by atoms with E-state index in [1.807, 2.05) is 22.9 Å². The molecular formula is C25H31N3O2. The number of nitrogens with zero attached hydrogens (tertiary/aromatic N) is 2. The Balaban J connectivity index is 1.28. The lowest BCUT2D eigenvalue weighted by Crippen LogP contribution is -2.46. The van der Waals surface area contributed by atoms with Crippen molar-refractivity contribution in [1.82, 2.24) is 9.78 Å². The average molecular weight is 406 g/mol. The standard InChI is InChI=1S/C25H31N3O2/c29-15-20-9-22(19-4-2-1-3-5-19)27-24-21(14-26-28(20)24)23(30)13-25-10-16-6-17(11-25)8-18(7-16)12-25/h1-5,14,16-18,20,22,27,29H,6-13,15H2/t16?,17?,18?,20-,22+,25?/m0/s1. The van der Waals surface area contributed by atoms with Gasteiger partial charge in [0, 0.05) is 6.42 Å². The lowest BCUT2D eigenvalue weighted by Gasteiger charge is -2.56. The van der Waals surface area contributed by atoms with Gasteiger partial charge in [-0.05, 0) is 73.7 Å². The van der Waals surface area contributed by atoms with Gasteiger partial charge in [-0.25, -0.2) is 4.68 Å². The molecule has 0 saturated heterocycles. The highest BCUT2D eigenvalue weighted by atomic mass is 16.3. The summed E-state index contributed by atoms with van der Waals surface area (Å²) in [6.45, 7) is 0.0301. The van der Waals surface area contributed by atoms with Gasteiger partial charge >= 0.3 is 0 Å². The summed E-state index contributed by atoms with van der Waals surface area (Å²) in [4.78, 5) is 13.5. The smallest absolute Gasteiger partial charge is 0.168 e. The van der Waals surface area contributed by atoms with Crippen molar-refractivity contribution in [3.8, 4) is 0 Å². The number of carbonyl (C=O) groups excluding carboxylic acids is 1. The number of benzene rings is 1. The van der Waals surface area contributed by atoms with Gasteiger partial charge in [-0.3, -0.25) is 4.79 Å². The highest BCUT2D eigenvalue weighted by Crippen LogP contribution is 2.61. The predicted molar refractivity (Wildman–Crippen MR) is 115 cm³/mol. The molecule has 0 spiro atoms. The Labute approximate surface area is 177 Å². The summed E-state index contributed by atoms with van der Waals surface area (Å²) in [6.07, 6.45) is 11.1. The lowest BCUT2D eigenvalue weighted by molar-refractivity contribution is -0.0524. The van der Waals surface area contributed by atoms with Crippen LogP contribution in [0.3, 0.4) is 0 Å². The summed E-state index contributed by atoms with van der Waals surface area (Å²) < 4.78 is 1.84. The summed E-state index contributed by atoms with van der Waals surface area (Å²) in [5, 5.41) is 18.1. The first-order valence-corrected chi connectivity index (χ1v) is 11.7. The van der Waals surface area contributed by atoms with Gasteiger partial charge in [0.25, 0.3) is 0 Å². The van der Waals surface area contributed by atoms with Crippen LogP contribution in [-0.2, 0) is 0 Å². The second-order valence-electron chi connectivity index (χ2n) is 10.5. The third-order valence-electron chi connectivity index (χ3n) is 8.37. The summed E-state index contributed by atoms with van der Waals surface area (Å²) in [5.74, 6) is 3.58. The summed E-state index contributed by atoms with van der Waals surface area (Å²) in [6, 6.07) is 10.3. The zero-order valence-corrected chi connectivity index (χ0v) is 17.5. The third-order valence-corrected chi connectivity index (χ3v) is 8.37. The molecule has 30 heavy (non-hydrogen) atoms. The number of anilines is 1. The van der Waals surface area contributed by atoms with Gasteiger partial charge in [0.15, 0.2) is 5.78 Å². The van der Waals surface area contributed by atoms with Gasteiger partial charge in [0.2, 0.25) is 0 Å². The van der Waals surface area contributed by atoms with Crippen LogP contribution in [0, 0.1) is 23.2 Å². The number of aliphatic hydroxyl groups is 1. The van der Waals surface area contributed by atoms with E-state index < -0.39 is 0 Å². The molecule has 4 saturated carbocycles. The third kappa shape index (κ3) is 3.01. The molecule has 2 atom stereocenters. The van der Waals surface area contributed by atoms with Crippen molar-refractivity contribution >= 4 is 11.6 Å². The van der Waals surface area contributed by atoms with Gasteiger partial charge in [0.05, 0.1) is 30.5 Å². The molecule has 4 bridgehead atoms. The maximum Gasteiger partial charge on any atom is 0.168 e. The number of Topliss-reactive ketones (excluding diaryl/α,β-unsaturated/α-hetero) is 1. The SMILES string of the molecule is O=C(CC12CC3CC(CC(C3)C1)C2)c1cnn2c1N[C@@H](c1ccccc1)C[C@H]2CO. The zero-order chi connectivity index (χ0) is 20.3. The fourth-order valence-corrected chi connectivity index (χ4v) is 7.58. The minimum atomic E-state index is -0.104. The second-order valence-corrected chi connectivity index (χ2v) is 10.5. The molecule has 4 aliphatic carbocycles. The first-order chi connectivity index (χ1) is 14.6. The van der Waals surface area contributed by atoms with Crippen molar-refractivity contribution in [3.05, 3.63) is 47.7 Å². The molecule has 0 amide bonds. The van der Waals surface area contributed by atoms with Gasteiger partial charge in [0.1, 0.15) is 5.82 Å². The molecule has 2 heterocycles. The minimum Gasteiger partial charge on any atom is -0.394 e. The van der Waals surface area contributed by atoms with E-state index >= 15 is 0 Å². The van der Waals surface area contributed by atoms with Crippen molar-refractivity contribution in [2.75, 3.05) is 11.9 Å². The maximum atomic E-state index is 13.5. The van der Waals surface area contributed by atoms with Crippen LogP contribution in [0.2, 0.25) is 0 Å². The van der Waals surface area contributed by atoms with E-state index in [9.17, 15) is 9.90 Å². The molecule has 0 radical (unpaired) electrons. The van der Waals surface area contributed by atoms with Crippen LogP contribution in [0.5, 0.6) is 0 Å². The van der Waals surface area contributed by atoms with Gasteiger partial charge in [-0.1, -0.05) is 30.3 Å². The molecule has 5 heteroatoms. The Morgan fingerprint density at radius 1 is 1.07 bits per heavy atom. The molecule has 5 aliphatic rings. The molecule has 4 fully saturated rings. The topological polar surface area (TPSA) is 67.2 Å². The number of rotatable bonds is 5. The number of ketones is 1. The fourth-order valence-electron chi connectivity index (χ4n) is 7.58. The minimum absolute atomic E-state index is 0.0301. The van der Waals surface area contributed by atoms with Crippen molar-refractivity contribution < 1.29 is 9.90 Å². The molecule has 7 rings (SSSR count). The van der Waals surface area contributed by atoms with Gasteiger partial charge in [-0.2, -0.15) is 5.10 Å². The van der Waals surface area contributed by atoms with Crippen molar-refractivity contribution in [3.63, 3.8) is 0 Å². The van der Waals surface area contributed by atoms with Crippen LogP contribution < -0.4 is 5.32 Å². The zero-order valence-electron chi connectivity index (χ0n) is 17.5. The van der Waals surface area contributed by atoms with E-state index in [0.29, 0.717) is 12.0 Å². The van der Waals surface area contributed by atoms with E-state index in [-0.39, 0.29) is 29.9 Å². The Bertz CT molecular complexity index is 915. The van der Waals surface area contributed by atoms with E-state index in [1.165, 1.54) is 44.1 Å². The molecule has 158 valence electrons. The monoisotopic (exact) mass is 405 g/mol. The molecule has 1 aliphatic heterocycles. The normalized spacial score (nSPS) is 36.4. The summed E-state index contributed by atoms with van der Waals surface area (Å²) in [5.41, 5.74) is 2.12. The number of nitrogens with one attached hydrogen (secondary N) is 1. The maximum absolute atomic E-state index is 13.5. The lowest BCUT2D eigenvalue weighted by atomic mass is 9.48. The molecule has 1 aromatic carbocycles. The Kier molecular flexibility index (Phi) is 4.31. The summed E-state index contributed by atoms with van der Waals surface area (Å²) in [7, 11) is 0. The van der Waals surface area contributed by atoms with Crippen molar-refractivity contribution in [2.24, 2.45) is 23.2 Å². The van der Waals surface area contributed by atoms with Crippen LogP contribution in [0.15, 0.2) is 36.5 Å². The number of aliphatic hydroxyl groups excluding tert-OH is 1. The quantitative estimate of drug-likeness (QED) is 0.704. The fraction of sp³-hybridized carbons (Fsp3) is 0.600. The van der Waals surface area contributed by atoms with Crippen LogP contribution in [-0.4, -0.2) is 27.3 Å². The molecule has 0 unspecified atom stereocenters. The Morgan fingerprint density at radius 3 is 2.37 bits per heavy atom. The molecule has 5 nitrogen and oxygen atoms in total. The highest BCUT2D eigenvalue weighted by Gasteiger charge is 2.51. The molecular weight excluding hydrogens is 374 g/mol. The second kappa shape index (κ2) is 6.94. The predicted octanol–water partition coefficient (Wildman–Crippen LogP) is 4.76. The largest absolute Gasteiger partial charge is 0.394 e. The number of fused-ring (bicyclic) bond motifs is 1. The molecule has 1 aromatic heterocycles. The number of aromatic nitrogens is 2. The molecule has 2 N–H and O–H groups in total. The molecule has 2 aromatic rings. The van der Waals surface area contributed by atoms with E-state index in [0.717, 1.165) is 30.0 Å². The van der Waals surface area contributed by atoms with E-state index in [1.54, 1.807) is 6.20 Å². The van der Waals surface area contributed by atoms with Crippen LogP contribution in [0.4, 0.5) is 5.82 Å². The highest BCUT2D eigenvalue weighted by molar-refractivity contribution is 6.01.